The zero-order chi connectivity index (χ0) is 26.5. The first-order valence-electron chi connectivity index (χ1n) is 12.4. The zero-order valence-electron chi connectivity index (χ0n) is 20.8. The second kappa shape index (κ2) is 14.6. The number of anilines is 1. The van der Waals surface area contributed by atoms with E-state index in [-0.39, 0.29) is 12.5 Å². The van der Waals surface area contributed by atoms with Crippen LogP contribution in [0.25, 0.3) is 0 Å². The topological polar surface area (TPSA) is 125 Å². The van der Waals surface area contributed by atoms with E-state index in [9.17, 15) is 14.4 Å². The van der Waals surface area contributed by atoms with Crippen LogP contribution in [0.1, 0.15) is 47.2 Å². The molecule has 0 aliphatic carbocycles. The van der Waals surface area contributed by atoms with E-state index in [1.54, 1.807) is 24.3 Å². The van der Waals surface area contributed by atoms with Crippen LogP contribution in [0.4, 0.5) is 5.69 Å². The molecule has 0 spiro atoms. The van der Waals surface area contributed by atoms with Gasteiger partial charge < -0.3 is 21.5 Å². The van der Waals surface area contributed by atoms with Gasteiger partial charge in [-0.25, -0.2) is 0 Å². The molecule has 37 heavy (non-hydrogen) atoms. The Kier molecular flexibility index (Phi) is 10.9. The summed E-state index contributed by atoms with van der Waals surface area (Å²) < 4.78 is 0. The van der Waals surface area contributed by atoms with E-state index in [1.165, 1.54) is 12.8 Å². The van der Waals surface area contributed by atoms with Crippen molar-refractivity contribution >= 4 is 23.3 Å². The number of hydrogen-bond donors (Lipinski definition) is 4. The van der Waals surface area contributed by atoms with Crippen molar-refractivity contribution in [2.24, 2.45) is 5.73 Å². The van der Waals surface area contributed by atoms with E-state index in [4.69, 9.17) is 10.8 Å². The summed E-state index contributed by atoms with van der Waals surface area (Å²) in [6, 6.07) is 12.9. The van der Waals surface area contributed by atoms with Crippen molar-refractivity contribution in [3.05, 3.63) is 65.2 Å². The van der Waals surface area contributed by atoms with E-state index in [0.717, 1.165) is 37.2 Å². The van der Waals surface area contributed by atoms with Gasteiger partial charge in [0.25, 0.3) is 5.91 Å². The molecule has 1 fully saturated rings. The van der Waals surface area contributed by atoms with Gasteiger partial charge in [-0.3, -0.25) is 19.3 Å². The number of Topliss-reactive ketones (excluding diaryl/α,β-unsaturated/α-hetero) is 1. The van der Waals surface area contributed by atoms with Crippen molar-refractivity contribution in [1.82, 2.24) is 10.2 Å². The van der Waals surface area contributed by atoms with Crippen LogP contribution in [0.2, 0.25) is 0 Å². The molecule has 0 aromatic heterocycles. The van der Waals surface area contributed by atoms with Crippen LogP contribution in [0, 0.1) is 23.7 Å². The molecule has 8 nitrogen and oxygen atoms in total. The summed E-state index contributed by atoms with van der Waals surface area (Å²) in [5.41, 5.74) is 8.01. The number of nitrogens with two attached hydrogens (primary N) is 1. The van der Waals surface area contributed by atoms with Crippen molar-refractivity contribution in [3.63, 3.8) is 0 Å². The largest absolute Gasteiger partial charge is 0.388 e. The van der Waals surface area contributed by atoms with Gasteiger partial charge in [-0.2, -0.15) is 0 Å². The predicted molar refractivity (Wildman–Crippen MR) is 143 cm³/mol. The summed E-state index contributed by atoms with van der Waals surface area (Å²) in [6.45, 7) is 1.59. The van der Waals surface area contributed by atoms with Crippen molar-refractivity contribution in [3.8, 4) is 23.7 Å². The van der Waals surface area contributed by atoms with Crippen LogP contribution in [0.5, 0.6) is 0 Å². The number of aliphatic hydroxyl groups is 1. The fraction of sp³-hybridized carbons (Fsp3) is 0.345. The minimum absolute atomic E-state index is 0.00653. The first-order valence-corrected chi connectivity index (χ1v) is 12.4. The van der Waals surface area contributed by atoms with E-state index < -0.39 is 24.3 Å². The highest BCUT2D eigenvalue weighted by atomic mass is 16.3. The lowest BCUT2D eigenvalue weighted by atomic mass is 10.1. The van der Waals surface area contributed by atoms with Gasteiger partial charge in [0.1, 0.15) is 12.6 Å². The number of carbonyl (C=O) groups excluding carboxylic acids is 3. The quantitative estimate of drug-likeness (QED) is 0.408. The number of hydrogen-bond acceptors (Lipinski definition) is 6. The molecule has 1 atom stereocenters. The number of benzene rings is 2. The first kappa shape index (κ1) is 27.6. The van der Waals surface area contributed by atoms with E-state index in [2.05, 4.69) is 39.2 Å². The van der Waals surface area contributed by atoms with E-state index >= 15 is 0 Å². The molecule has 2 aromatic rings. The Morgan fingerprint density at radius 3 is 2.00 bits per heavy atom. The summed E-state index contributed by atoms with van der Waals surface area (Å²) >= 11 is 0. The summed E-state index contributed by atoms with van der Waals surface area (Å²) in [4.78, 5) is 38.4. The third-order valence-corrected chi connectivity index (χ3v) is 5.94. The summed E-state index contributed by atoms with van der Waals surface area (Å²) in [6.07, 6.45) is 4.78. The molecule has 1 aliphatic heterocycles. The van der Waals surface area contributed by atoms with Crippen molar-refractivity contribution in [2.45, 2.75) is 31.7 Å². The van der Waals surface area contributed by atoms with Crippen LogP contribution in [0.3, 0.4) is 0 Å². The highest BCUT2D eigenvalue weighted by molar-refractivity contribution is 5.98. The second-order valence-electron chi connectivity index (χ2n) is 8.78. The van der Waals surface area contributed by atoms with Crippen LogP contribution in [-0.2, 0) is 9.59 Å². The molecular formula is C29H32N4O4. The molecule has 0 bridgehead atoms. The van der Waals surface area contributed by atoms with Gasteiger partial charge in [-0.15, -0.1) is 0 Å². The summed E-state index contributed by atoms with van der Waals surface area (Å²) in [5.74, 6) is 10.5. The summed E-state index contributed by atoms with van der Waals surface area (Å²) in [5, 5.41) is 14.4. The highest BCUT2D eigenvalue weighted by Gasteiger charge is 2.19. The number of likely N-dealkylation sites (tertiary alicyclic amines) is 1. The van der Waals surface area contributed by atoms with Crippen molar-refractivity contribution in [2.75, 3.05) is 38.1 Å². The molecule has 3 rings (SSSR count). The molecule has 0 radical (unpaired) electrons. The molecule has 0 saturated carbocycles. The maximum absolute atomic E-state index is 12.3. The Morgan fingerprint density at radius 1 is 0.892 bits per heavy atom. The minimum Gasteiger partial charge on any atom is -0.388 e. The minimum atomic E-state index is -0.929. The zero-order valence-corrected chi connectivity index (χ0v) is 20.8. The maximum atomic E-state index is 12.3. The Labute approximate surface area is 217 Å². The van der Waals surface area contributed by atoms with Crippen LogP contribution < -0.4 is 16.4 Å². The van der Waals surface area contributed by atoms with Crippen LogP contribution in [-0.4, -0.2) is 66.4 Å². The first-order chi connectivity index (χ1) is 18.0. The fourth-order valence-electron chi connectivity index (χ4n) is 3.87. The lowest BCUT2D eigenvalue weighted by Gasteiger charge is -2.18. The van der Waals surface area contributed by atoms with Crippen molar-refractivity contribution < 1.29 is 19.5 Å². The average molecular weight is 501 g/mol. The average Bonchev–Trinajstić information content (AvgIpc) is 3.19. The number of rotatable bonds is 8. The van der Waals surface area contributed by atoms with Gasteiger partial charge in [0.05, 0.1) is 6.54 Å². The molecular weight excluding hydrogens is 468 g/mol. The Balaban J connectivity index is 1.50. The standard InChI is InChI=1S/C29H32N4O4/c30-19-26(27(35)21-34)32-29(37)24-13-9-22(10-14-24)7-3-4-8-23-11-15-25(16-12-23)31-28(36)20-33-17-5-1-2-6-18-33/h9-16,26,34H,1-2,5-6,17-21,30H2,(H,31,36)(H,32,37)/t26-/m0/s1. The number of aliphatic hydroxyl groups excluding tert-OH is 1. The number of ketones is 1. The maximum Gasteiger partial charge on any atom is 0.251 e. The SMILES string of the molecule is NC[C@H](NC(=O)c1ccc(C#CC#Cc2ccc(NC(=O)CN3CCCCCC3)cc2)cc1)C(=O)CO. The molecule has 2 amide bonds. The molecule has 2 aromatic carbocycles. The monoisotopic (exact) mass is 500 g/mol. The van der Waals surface area contributed by atoms with Gasteiger partial charge in [0.15, 0.2) is 5.78 Å². The smallest absolute Gasteiger partial charge is 0.251 e. The molecule has 1 saturated heterocycles. The highest BCUT2D eigenvalue weighted by Crippen LogP contribution is 2.11. The summed E-state index contributed by atoms with van der Waals surface area (Å²) in [7, 11) is 0. The Hall–Kier alpha value is -3.95. The van der Waals surface area contributed by atoms with Gasteiger partial charge in [-0.05, 0) is 86.3 Å². The molecule has 8 heteroatoms. The predicted octanol–water partition coefficient (Wildman–Crippen LogP) is 1.52. The van der Waals surface area contributed by atoms with Gasteiger partial charge in [0.2, 0.25) is 5.91 Å². The number of carbonyl (C=O) groups is 3. The van der Waals surface area contributed by atoms with E-state index in [0.29, 0.717) is 17.7 Å². The van der Waals surface area contributed by atoms with E-state index in [1.807, 2.05) is 24.3 Å². The van der Waals surface area contributed by atoms with Gasteiger partial charge in [0, 0.05) is 28.9 Å². The Morgan fingerprint density at radius 2 is 1.46 bits per heavy atom. The Bertz CT molecular complexity index is 1190. The second-order valence-corrected chi connectivity index (χ2v) is 8.78. The third-order valence-electron chi connectivity index (χ3n) is 5.94. The number of nitrogens with one attached hydrogen (secondary N) is 2. The lowest BCUT2D eigenvalue weighted by Crippen LogP contribution is -2.46. The molecule has 1 heterocycles. The van der Waals surface area contributed by atoms with Crippen molar-refractivity contribution in [1.29, 1.82) is 0 Å². The molecule has 5 N–H and O–H groups in total. The normalized spacial score (nSPS) is 14.1. The molecule has 0 unspecified atom stereocenters. The number of nitrogens with zero attached hydrogens (tertiary/aromatic N) is 1. The van der Waals surface area contributed by atoms with Gasteiger partial charge in [-0.1, -0.05) is 24.7 Å². The van der Waals surface area contributed by atoms with Crippen LogP contribution >= 0.6 is 0 Å². The molecule has 1 aliphatic rings. The van der Waals surface area contributed by atoms with Gasteiger partial charge >= 0.3 is 0 Å². The number of amides is 2. The lowest BCUT2D eigenvalue weighted by molar-refractivity contribution is -0.123. The fourth-order valence-corrected chi connectivity index (χ4v) is 3.87. The van der Waals surface area contributed by atoms with Crippen LogP contribution in [0.15, 0.2) is 48.5 Å². The third kappa shape index (κ3) is 9.21. The molecule has 192 valence electrons.